The van der Waals surface area contributed by atoms with Crippen LogP contribution in [0.25, 0.3) is 22.3 Å². The number of furan rings is 1. The Bertz CT molecular complexity index is 1400. The van der Waals surface area contributed by atoms with Gasteiger partial charge in [0.25, 0.3) is 0 Å². The fourth-order valence-electron chi connectivity index (χ4n) is 4.08. The molecule has 1 aliphatic rings. The molecular formula is C25H22FN3O6S. The van der Waals surface area contributed by atoms with Crippen LogP contribution >= 0.6 is 11.3 Å². The third kappa shape index (κ3) is 4.75. The monoisotopic (exact) mass is 511 g/mol. The fourth-order valence-corrected chi connectivity index (χ4v) is 4.71. The Morgan fingerprint density at radius 1 is 1.19 bits per heavy atom. The lowest BCUT2D eigenvalue weighted by Crippen LogP contribution is -2.36. The summed E-state index contributed by atoms with van der Waals surface area (Å²) in [6.07, 6.45) is 0.0829. The van der Waals surface area contributed by atoms with Crippen LogP contribution in [0.15, 0.2) is 52.4 Å². The predicted molar refractivity (Wildman–Crippen MR) is 131 cm³/mol. The van der Waals surface area contributed by atoms with Crippen LogP contribution in [0, 0.1) is 5.82 Å². The van der Waals surface area contributed by atoms with Crippen LogP contribution in [0.5, 0.6) is 5.75 Å². The molecule has 1 aliphatic heterocycles. The van der Waals surface area contributed by atoms with Gasteiger partial charge in [0.2, 0.25) is 0 Å². The van der Waals surface area contributed by atoms with Crippen LogP contribution in [-0.4, -0.2) is 43.3 Å². The normalized spacial score (nSPS) is 14.6. The number of fused-ring (bicyclic) bond motifs is 1. The van der Waals surface area contributed by atoms with Crippen molar-refractivity contribution in [1.29, 1.82) is 0 Å². The van der Waals surface area contributed by atoms with E-state index >= 15 is 0 Å². The second-order valence-electron chi connectivity index (χ2n) is 8.07. The maximum atomic E-state index is 13.6. The van der Waals surface area contributed by atoms with E-state index in [-0.39, 0.29) is 17.4 Å². The van der Waals surface area contributed by atoms with E-state index in [0.717, 1.165) is 10.7 Å². The first kappa shape index (κ1) is 23.8. The van der Waals surface area contributed by atoms with Gasteiger partial charge in [-0.15, -0.1) is 11.3 Å². The molecule has 36 heavy (non-hydrogen) atoms. The van der Waals surface area contributed by atoms with Gasteiger partial charge in [-0.2, -0.15) is 0 Å². The summed E-state index contributed by atoms with van der Waals surface area (Å²) in [6, 6.07) is 8.89. The standard InChI is InChI=1S/C25H22FN3O6S/c1-14(23-28-6-11-36-23)33-20-12-17-19(13-18(20)29-7-9-32-10-8-29)34-22(15-2-4-16(26)5-3-15)21(17)24(30)35-25(27)31/h2-6,11-14H,7-10H2,1H3,(H2,27,31). The molecule has 1 atom stereocenters. The molecule has 9 nitrogen and oxygen atoms in total. The van der Waals surface area contributed by atoms with Crippen molar-refractivity contribution in [3.8, 4) is 17.1 Å². The lowest BCUT2D eigenvalue weighted by atomic mass is 10.0. The highest BCUT2D eigenvalue weighted by Gasteiger charge is 2.28. The number of aromatic nitrogens is 1. The summed E-state index contributed by atoms with van der Waals surface area (Å²) in [7, 11) is 0. The van der Waals surface area contributed by atoms with Gasteiger partial charge in [0, 0.05) is 41.7 Å². The maximum absolute atomic E-state index is 13.6. The molecule has 0 bridgehead atoms. The molecule has 2 aromatic carbocycles. The van der Waals surface area contributed by atoms with Gasteiger partial charge >= 0.3 is 12.1 Å². The second-order valence-corrected chi connectivity index (χ2v) is 8.99. The number of thiazole rings is 1. The van der Waals surface area contributed by atoms with Crippen LogP contribution in [0.1, 0.15) is 28.4 Å². The molecule has 1 saturated heterocycles. The molecule has 0 radical (unpaired) electrons. The molecule has 0 spiro atoms. The first-order chi connectivity index (χ1) is 17.4. The lowest BCUT2D eigenvalue weighted by Gasteiger charge is -2.30. The average molecular weight is 512 g/mol. The van der Waals surface area contributed by atoms with E-state index in [1.807, 2.05) is 12.3 Å². The third-order valence-electron chi connectivity index (χ3n) is 5.73. The van der Waals surface area contributed by atoms with Gasteiger partial charge in [-0.05, 0) is 37.3 Å². The smallest absolute Gasteiger partial charge is 0.412 e. The number of amides is 1. The quantitative estimate of drug-likeness (QED) is 0.287. The highest BCUT2D eigenvalue weighted by atomic mass is 32.1. The Kier molecular flexibility index (Phi) is 6.57. The van der Waals surface area contributed by atoms with E-state index in [4.69, 9.17) is 24.4 Å². The molecule has 3 heterocycles. The zero-order valence-corrected chi connectivity index (χ0v) is 20.0. The molecule has 1 fully saturated rings. The third-order valence-corrected chi connectivity index (χ3v) is 6.66. The summed E-state index contributed by atoms with van der Waals surface area (Å²) in [5.41, 5.74) is 6.64. The number of halogens is 1. The maximum Gasteiger partial charge on any atom is 0.412 e. The van der Waals surface area contributed by atoms with E-state index in [9.17, 15) is 14.0 Å². The Hall–Kier alpha value is -3.96. The van der Waals surface area contributed by atoms with Crippen molar-refractivity contribution in [2.45, 2.75) is 13.0 Å². The van der Waals surface area contributed by atoms with Crippen molar-refractivity contribution in [2.75, 3.05) is 31.2 Å². The predicted octanol–water partition coefficient (Wildman–Crippen LogP) is 4.91. The first-order valence-electron chi connectivity index (χ1n) is 11.2. The van der Waals surface area contributed by atoms with Crippen molar-refractivity contribution in [1.82, 2.24) is 4.98 Å². The van der Waals surface area contributed by atoms with Gasteiger partial charge in [0.05, 0.1) is 18.9 Å². The first-order valence-corrected chi connectivity index (χ1v) is 12.1. The van der Waals surface area contributed by atoms with Gasteiger partial charge in [0.1, 0.15) is 39.6 Å². The number of morpholine rings is 1. The number of rotatable bonds is 6. The number of primary amides is 1. The van der Waals surface area contributed by atoms with Gasteiger partial charge < -0.3 is 29.3 Å². The summed E-state index contributed by atoms with van der Waals surface area (Å²) >= 11 is 1.47. The van der Waals surface area contributed by atoms with E-state index < -0.39 is 17.9 Å². The summed E-state index contributed by atoms with van der Waals surface area (Å²) in [6.45, 7) is 4.25. The Morgan fingerprint density at radius 3 is 2.61 bits per heavy atom. The number of esters is 1. The number of carbonyl (C=O) groups excluding carboxylic acids is 2. The summed E-state index contributed by atoms with van der Waals surface area (Å²) in [4.78, 5) is 30.8. The Morgan fingerprint density at radius 2 is 1.94 bits per heavy atom. The lowest BCUT2D eigenvalue weighted by molar-refractivity contribution is 0.0640. The minimum absolute atomic E-state index is 0.0179. The van der Waals surface area contributed by atoms with Crippen molar-refractivity contribution in [3.05, 3.63) is 64.4 Å². The van der Waals surface area contributed by atoms with Crippen molar-refractivity contribution < 1.29 is 32.6 Å². The molecule has 4 aromatic rings. The Balaban J connectivity index is 1.68. The number of benzene rings is 2. The highest BCUT2D eigenvalue weighted by Crippen LogP contribution is 2.42. The summed E-state index contributed by atoms with van der Waals surface area (Å²) in [5.74, 6) is -0.822. The van der Waals surface area contributed by atoms with E-state index in [2.05, 4.69) is 9.88 Å². The van der Waals surface area contributed by atoms with Crippen LogP contribution in [0.4, 0.5) is 14.9 Å². The average Bonchev–Trinajstić information content (AvgIpc) is 3.52. The number of nitrogens with zero attached hydrogens (tertiary/aromatic N) is 2. The van der Waals surface area contributed by atoms with E-state index in [1.54, 1.807) is 18.3 Å². The number of anilines is 1. The highest BCUT2D eigenvalue weighted by molar-refractivity contribution is 7.09. The van der Waals surface area contributed by atoms with Gasteiger partial charge in [-0.25, -0.2) is 19.0 Å². The molecule has 1 amide bonds. The topological polar surface area (TPSA) is 117 Å². The Labute approximate surface area is 209 Å². The molecule has 2 aromatic heterocycles. The number of hydrogen-bond acceptors (Lipinski definition) is 9. The minimum atomic E-state index is -1.25. The molecule has 0 saturated carbocycles. The molecule has 5 rings (SSSR count). The van der Waals surface area contributed by atoms with Gasteiger partial charge in [-0.1, -0.05) is 0 Å². The van der Waals surface area contributed by atoms with Crippen LogP contribution in [-0.2, 0) is 9.47 Å². The molecule has 186 valence electrons. The van der Waals surface area contributed by atoms with Crippen LogP contribution < -0.4 is 15.4 Å². The molecule has 0 aliphatic carbocycles. The summed E-state index contributed by atoms with van der Waals surface area (Å²) < 4.78 is 36.2. The van der Waals surface area contributed by atoms with Crippen LogP contribution in [0.2, 0.25) is 0 Å². The van der Waals surface area contributed by atoms with Gasteiger partial charge in [0.15, 0.2) is 0 Å². The SMILES string of the molecule is CC(Oc1cc2c(C(=O)OC(N)=O)c(-c3ccc(F)cc3)oc2cc1N1CCOCC1)c1nccs1. The number of carbonyl (C=O) groups is 2. The number of nitrogens with two attached hydrogens (primary N) is 1. The zero-order valence-electron chi connectivity index (χ0n) is 19.2. The summed E-state index contributed by atoms with van der Waals surface area (Å²) in [5, 5.41) is 3.01. The van der Waals surface area contributed by atoms with E-state index in [0.29, 0.717) is 48.6 Å². The fraction of sp³-hybridized carbons (Fsp3) is 0.240. The largest absolute Gasteiger partial charge is 0.481 e. The number of ether oxygens (including phenoxy) is 3. The molecule has 11 heteroatoms. The second kappa shape index (κ2) is 9.96. The molecular weight excluding hydrogens is 489 g/mol. The van der Waals surface area contributed by atoms with Crippen molar-refractivity contribution >= 4 is 40.1 Å². The molecule has 2 N–H and O–H groups in total. The van der Waals surface area contributed by atoms with Crippen LogP contribution in [0.3, 0.4) is 0 Å². The van der Waals surface area contributed by atoms with Gasteiger partial charge in [-0.3, -0.25) is 0 Å². The zero-order chi connectivity index (χ0) is 25.2. The molecule has 1 unspecified atom stereocenters. The van der Waals surface area contributed by atoms with Crippen molar-refractivity contribution in [3.63, 3.8) is 0 Å². The minimum Gasteiger partial charge on any atom is -0.481 e. The van der Waals surface area contributed by atoms with Crippen molar-refractivity contribution in [2.24, 2.45) is 5.73 Å². The van der Waals surface area contributed by atoms with E-state index in [1.165, 1.54) is 35.6 Å². The number of hydrogen-bond donors (Lipinski definition) is 1.